The molecule has 0 saturated carbocycles. The standard InChI is InChI=1S/C19H15N3O5S2/c23-15(21-18-20-13(11-28-18)9-16(24)25)10-22-17(26)14(29-19(22)27)8-4-7-12-5-2-1-3-6-12/h1-8,11H,9-10H2,(H,24,25)(H,20,21,23)/b7-4+,14-8-. The van der Waals surface area contributed by atoms with Crippen molar-refractivity contribution >= 4 is 57.3 Å². The highest BCUT2D eigenvalue weighted by molar-refractivity contribution is 8.18. The fraction of sp³-hybridized carbons (Fsp3) is 0.105. The average Bonchev–Trinajstić information content (AvgIpc) is 3.21. The van der Waals surface area contributed by atoms with Crippen LogP contribution in [0.1, 0.15) is 11.3 Å². The molecule has 8 nitrogen and oxygen atoms in total. The van der Waals surface area contributed by atoms with Crippen molar-refractivity contribution < 1.29 is 24.3 Å². The van der Waals surface area contributed by atoms with Gasteiger partial charge in [-0.25, -0.2) is 4.98 Å². The zero-order chi connectivity index (χ0) is 20.8. The first-order valence-corrected chi connectivity index (χ1v) is 10.0. The number of aromatic nitrogens is 1. The van der Waals surface area contributed by atoms with Gasteiger partial charge in [-0.3, -0.25) is 24.1 Å². The maximum absolute atomic E-state index is 12.4. The molecule has 0 aliphatic carbocycles. The van der Waals surface area contributed by atoms with E-state index < -0.39 is 29.6 Å². The summed E-state index contributed by atoms with van der Waals surface area (Å²) in [6.45, 7) is -0.446. The number of amides is 3. The van der Waals surface area contributed by atoms with Gasteiger partial charge in [0.2, 0.25) is 5.91 Å². The lowest BCUT2D eigenvalue weighted by Gasteiger charge is -2.11. The lowest BCUT2D eigenvalue weighted by atomic mass is 10.2. The summed E-state index contributed by atoms with van der Waals surface area (Å²) in [4.78, 5) is 52.4. The number of rotatable bonds is 7. The van der Waals surface area contributed by atoms with Crippen molar-refractivity contribution in [2.45, 2.75) is 6.42 Å². The van der Waals surface area contributed by atoms with Gasteiger partial charge in [-0.05, 0) is 23.4 Å². The van der Waals surface area contributed by atoms with Crippen molar-refractivity contribution in [3.05, 3.63) is 64.0 Å². The number of nitrogens with zero attached hydrogens (tertiary/aromatic N) is 2. The average molecular weight is 429 g/mol. The molecule has 148 valence electrons. The number of carboxylic acids is 1. The van der Waals surface area contributed by atoms with Crippen LogP contribution in [-0.4, -0.2) is 44.6 Å². The number of aliphatic carboxylic acids is 1. The van der Waals surface area contributed by atoms with Gasteiger partial charge in [-0.2, -0.15) is 0 Å². The molecule has 1 fully saturated rings. The number of carboxylic acid groups (broad SMARTS) is 1. The molecule has 1 aromatic carbocycles. The largest absolute Gasteiger partial charge is 0.481 e. The van der Waals surface area contributed by atoms with Gasteiger partial charge in [0.05, 0.1) is 17.0 Å². The summed E-state index contributed by atoms with van der Waals surface area (Å²) in [5, 5.41) is 12.4. The van der Waals surface area contributed by atoms with Gasteiger partial charge in [0, 0.05) is 5.38 Å². The van der Waals surface area contributed by atoms with Crippen molar-refractivity contribution in [1.82, 2.24) is 9.88 Å². The van der Waals surface area contributed by atoms with E-state index in [0.717, 1.165) is 33.6 Å². The van der Waals surface area contributed by atoms with Crippen LogP contribution in [0.15, 0.2) is 52.8 Å². The second-order valence-electron chi connectivity index (χ2n) is 5.82. The van der Waals surface area contributed by atoms with E-state index in [-0.39, 0.29) is 16.5 Å². The second-order valence-corrected chi connectivity index (χ2v) is 7.67. The zero-order valence-corrected chi connectivity index (χ0v) is 16.5. The van der Waals surface area contributed by atoms with Crippen LogP contribution in [0, 0.1) is 0 Å². The third kappa shape index (κ3) is 5.62. The van der Waals surface area contributed by atoms with Crippen LogP contribution in [0.4, 0.5) is 9.93 Å². The highest BCUT2D eigenvalue weighted by Gasteiger charge is 2.36. The van der Waals surface area contributed by atoms with E-state index in [0.29, 0.717) is 5.69 Å². The van der Waals surface area contributed by atoms with E-state index in [1.165, 1.54) is 11.5 Å². The van der Waals surface area contributed by atoms with Crippen molar-refractivity contribution in [2.75, 3.05) is 11.9 Å². The van der Waals surface area contributed by atoms with E-state index in [1.54, 1.807) is 12.2 Å². The number of benzene rings is 1. The van der Waals surface area contributed by atoms with Gasteiger partial charge in [-0.1, -0.05) is 42.5 Å². The minimum absolute atomic E-state index is 0.208. The molecule has 0 spiro atoms. The van der Waals surface area contributed by atoms with Gasteiger partial charge < -0.3 is 10.4 Å². The number of thioether (sulfide) groups is 1. The number of allylic oxidation sites excluding steroid dienone is 2. The highest BCUT2D eigenvalue weighted by atomic mass is 32.2. The lowest BCUT2D eigenvalue weighted by molar-refractivity contribution is -0.136. The first-order chi connectivity index (χ1) is 13.9. The van der Waals surface area contributed by atoms with Crippen LogP contribution in [-0.2, 0) is 20.8 Å². The van der Waals surface area contributed by atoms with Crippen LogP contribution in [0.3, 0.4) is 0 Å². The Morgan fingerprint density at radius 1 is 1.21 bits per heavy atom. The summed E-state index contributed by atoms with van der Waals surface area (Å²) in [7, 11) is 0. The predicted octanol–water partition coefficient (Wildman–Crippen LogP) is 3.00. The summed E-state index contributed by atoms with van der Waals surface area (Å²) >= 11 is 1.83. The number of anilines is 1. The first kappa shape index (κ1) is 20.5. The van der Waals surface area contributed by atoms with E-state index in [2.05, 4.69) is 10.3 Å². The Labute approximate surface area is 173 Å². The Bertz CT molecular complexity index is 1010. The summed E-state index contributed by atoms with van der Waals surface area (Å²) < 4.78 is 0. The molecule has 0 atom stereocenters. The van der Waals surface area contributed by atoms with Crippen molar-refractivity contribution in [1.29, 1.82) is 0 Å². The van der Waals surface area contributed by atoms with Gasteiger partial charge >= 0.3 is 5.97 Å². The molecule has 1 aromatic heterocycles. The Morgan fingerprint density at radius 2 is 1.97 bits per heavy atom. The molecular formula is C19H15N3O5S2. The molecule has 1 aliphatic rings. The van der Waals surface area contributed by atoms with Crippen LogP contribution >= 0.6 is 23.1 Å². The Morgan fingerprint density at radius 3 is 2.69 bits per heavy atom. The van der Waals surface area contributed by atoms with E-state index in [9.17, 15) is 19.2 Å². The van der Waals surface area contributed by atoms with Crippen molar-refractivity contribution in [2.24, 2.45) is 0 Å². The molecule has 1 saturated heterocycles. The number of hydrogen-bond acceptors (Lipinski definition) is 7. The van der Waals surface area contributed by atoms with Crippen molar-refractivity contribution in [3.63, 3.8) is 0 Å². The minimum atomic E-state index is -1.03. The maximum atomic E-state index is 12.4. The number of nitrogens with one attached hydrogen (secondary N) is 1. The Balaban J connectivity index is 1.58. The molecule has 10 heteroatoms. The Hall–Kier alpha value is -3.24. The van der Waals surface area contributed by atoms with Crippen LogP contribution in [0.2, 0.25) is 0 Å². The fourth-order valence-corrected chi connectivity index (χ4v) is 3.88. The van der Waals surface area contributed by atoms with Crippen LogP contribution < -0.4 is 5.32 Å². The highest BCUT2D eigenvalue weighted by Crippen LogP contribution is 2.30. The fourth-order valence-electron chi connectivity index (χ4n) is 2.36. The maximum Gasteiger partial charge on any atom is 0.309 e. The number of imide groups is 1. The normalized spacial score (nSPS) is 15.4. The molecule has 2 heterocycles. The molecule has 3 rings (SSSR count). The number of carbonyl (C=O) groups excluding carboxylic acids is 3. The quantitative estimate of drug-likeness (QED) is 0.650. The van der Waals surface area contributed by atoms with Gasteiger partial charge in [0.1, 0.15) is 6.54 Å². The molecule has 1 aliphatic heterocycles. The first-order valence-electron chi connectivity index (χ1n) is 8.35. The smallest absolute Gasteiger partial charge is 0.309 e. The number of carbonyl (C=O) groups is 4. The van der Waals surface area contributed by atoms with Gasteiger partial charge in [0.15, 0.2) is 5.13 Å². The molecule has 0 unspecified atom stereocenters. The van der Waals surface area contributed by atoms with E-state index in [4.69, 9.17) is 5.11 Å². The summed E-state index contributed by atoms with van der Waals surface area (Å²) in [5.41, 5.74) is 1.27. The summed E-state index contributed by atoms with van der Waals surface area (Å²) in [6.07, 6.45) is 4.76. The third-order valence-corrected chi connectivity index (χ3v) is 5.37. The summed E-state index contributed by atoms with van der Waals surface area (Å²) in [6, 6.07) is 9.48. The van der Waals surface area contributed by atoms with Crippen LogP contribution in [0.5, 0.6) is 0 Å². The number of hydrogen-bond donors (Lipinski definition) is 2. The molecule has 2 aromatic rings. The topological polar surface area (TPSA) is 117 Å². The third-order valence-electron chi connectivity index (χ3n) is 3.64. The van der Waals surface area contributed by atoms with Crippen LogP contribution in [0.25, 0.3) is 6.08 Å². The van der Waals surface area contributed by atoms with Gasteiger partial charge in [-0.15, -0.1) is 11.3 Å². The molecule has 2 N–H and O–H groups in total. The van der Waals surface area contributed by atoms with E-state index >= 15 is 0 Å². The lowest BCUT2D eigenvalue weighted by Crippen LogP contribution is -2.36. The molecule has 0 radical (unpaired) electrons. The second kappa shape index (κ2) is 9.30. The molecule has 29 heavy (non-hydrogen) atoms. The van der Waals surface area contributed by atoms with Gasteiger partial charge in [0.25, 0.3) is 11.1 Å². The molecule has 3 amide bonds. The molecule has 0 bridgehead atoms. The Kier molecular flexibility index (Phi) is 6.57. The SMILES string of the molecule is O=C(O)Cc1csc(NC(=O)CN2C(=O)S/C(=C\C=C\c3ccccc3)C2=O)n1. The number of thiazole rings is 1. The predicted molar refractivity (Wildman–Crippen MR) is 110 cm³/mol. The minimum Gasteiger partial charge on any atom is -0.481 e. The summed E-state index contributed by atoms with van der Waals surface area (Å²) in [5.74, 6) is -2.16. The van der Waals surface area contributed by atoms with E-state index in [1.807, 2.05) is 30.3 Å². The zero-order valence-electron chi connectivity index (χ0n) is 14.9. The monoisotopic (exact) mass is 429 g/mol. The molecular weight excluding hydrogens is 414 g/mol. The van der Waals surface area contributed by atoms with Crippen molar-refractivity contribution in [3.8, 4) is 0 Å².